The summed E-state index contributed by atoms with van der Waals surface area (Å²) >= 11 is 1.35. The molecule has 0 aliphatic carbocycles. The lowest BCUT2D eigenvalue weighted by Gasteiger charge is -2.23. The highest BCUT2D eigenvalue weighted by molar-refractivity contribution is 8.15. The van der Waals surface area contributed by atoms with Crippen LogP contribution in [0.15, 0.2) is 29.3 Å². The number of benzene rings is 1. The highest BCUT2D eigenvalue weighted by Gasteiger charge is 2.34. The quantitative estimate of drug-likeness (QED) is 0.679. The van der Waals surface area contributed by atoms with Crippen molar-refractivity contribution in [2.75, 3.05) is 37.0 Å². The summed E-state index contributed by atoms with van der Waals surface area (Å²) < 4.78 is 23.3. The summed E-state index contributed by atoms with van der Waals surface area (Å²) in [6, 6.07) is 6.13. The molecule has 1 aromatic carbocycles. The average molecular weight is 479 g/mol. The first-order valence-corrected chi connectivity index (χ1v) is 13.3. The van der Waals surface area contributed by atoms with Gasteiger partial charge >= 0.3 is 0 Å². The standard InChI is InChI=1S/C21H26N4O5S2/c1-24(16-8-11-32(29,30)13-16)20(28)14-4-6-15(7-5-14)22-18(26)12-17-19(27)23-21(31-17)25-9-2-3-10-25/h4-7,16-17H,2-3,8-13H2,1H3,(H,22,26)/t16-,17+/m0/s1. The molecular formula is C21H26N4O5S2. The number of nitrogens with zero attached hydrogens (tertiary/aromatic N) is 3. The average Bonchev–Trinajstić information content (AvgIpc) is 3.48. The lowest BCUT2D eigenvalue weighted by Crippen LogP contribution is -2.37. The molecule has 0 radical (unpaired) electrons. The molecule has 32 heavy (non-hydrogen) atoms. The number of thioether (sulfide) groups is 1. The van der Waals surface area contributed by atoms with E-state index >= 15 is 0 Å². The summed E-state index contributed by atoms with van der Waals surface area (Å²) in [6.45, 7) is 1.80. The third kappa shape index (κ3) is 5.15. The van der Waals surface area contributed by atoms with E-state index in [9.17, 15) is 22.8 Å². The summed E-state index contributed by atoms with van der Waals surface area (Å²) in [4.78, 5) is 44.9. The lowest BCUT2D eigenvalue weighted by molar-refractivity contribution is -0.121. The molecule has 0 spiro atoms. The number of hydrogen-bond donors (Lipinski definition) is 1. The number of nitrogens with one attached hydrogen (secondary N) is 1. The van der Waals surface area contributed by atoms with Crippen LogP contribution in [0.25, 0.3) is 0 Å². The summed E-state index contributed by atoms with van der Waals surface area (Å²) in [7, 11) is -1.47. The molecule has 2 atom stereocenters. The molecule has 1 aromatic rings. The maximum absolute atomic E-state index is 12.7. The third-order valence-corrected chi connectivity index (χ3v) is 8.93. The molecule has 4 rings (SSSR count). The van der Waals surface area contributed by atoms with Crippen LogP contribution in [0.4, 0.5) is 5.69 Å². The number of amidine groups is 1. The highest BCUT2D eigenvalue weighted by Crippen LogP contribution is 2.29. The molecule has 172 valence electrons. The number of carbonyl (C=O) groups is 3. The van der Waals surface area contributed by atoms with E-state index in [0.29, 0.717) is 22.8 Å². The van der Waals surface area contributed by atoms with Gasteiger partial charge in [0.1, 0.15) is 5.25 Å². The van der Waals surface area contributed by atoms with Gasteiger partial charge in [-0.2, -0.15) is 4.99 Å². The van der Waals surface area contributed by atoms with E-state index in [2.05, 4.69) is 15.2 Å². The first kappa shape index (κ1) is 22.8. The molecule has 2 fully saturated rings. The van der Waals surface area contributed by atoms with Gasteiger partial charge in [-0.3, -0.25) is 14.4 Å². The van der Waals surface area contributed by atoms with Crippen LogP contribution in [0.3, 0.4) is 0 Å². The Morgan fingerprint density at radius 2 is 1.91 bits per heavy atom. The topological polar surface area (TPSA) is 116 Å². The van der Waals surface area contributed by atoms with Gasteiger partial charge in [0.25, 0.3) is 11.8 Å². The van der Waals surface area contributed by atoms with E-state index in [4.69, 9.17) is 0 Å². The van der Waals surface area contributed by atoms with Crippen molar-refractivity contribution in [3.05, 3.63) is 29.8 Å². The molecule has 0 bridgehead atoms. The first-order valence-electron chi connectivity index (χ1n) is 10.6. The van der Waals surface area contributed by atoms with Crippen LogP contribution >= 0.6 is 11.8 Å². The molecule has 3 amide bonds. The fraction of sp³-hybridized carbons (Fsp3) is 0.524. The molecule has 3 aliphatic heterocycles. The lowest BCUT2D eigenvalue weighted by atomic mass is 10.1. The molecule has 2 saturated heterocycles. The molecule has 1 N–H and O–H groups in total. The zero-order valence-electron chi connectivity index (χ0n) is 17.8. The van der Waals surface area contributed by atoms with Crippen molar-refractivity contribution in [2.45, 2.75) is 37.0 Å². The monoisotopic (exact) mass is 478 g/mol. The van der Waals surface area contributed by atoms with Gasteiger partial charge in [0.15, 0.2) is 15.0 Å². The second-order valence-electron chi connectivity index (χ2n) is 8.34. The SMILES string of the molecule is CN(C(=O)c1ccc(NC(=O)C[C@H]2SC(N3CCCC3)=NC2=O)cc1)[C@H]1CCS(=O)(=O)C1. The Morgan fingerprint density at radius 3 is 2.53 bits per heavy atom. The summed E-state index contributed by atoms with van der Waals surface area (Å²) in [5.74, 6) is -0.729. The molecule has 0 saturated carbocycles. The normalized spacial score (nSPS) is 24.5. The van der Waals surface area contributed by atoms with Crippen LogP contribution < -0.4 is 5.32 Å². The van der Waals surface area contributed by atoms with Gasteiger partial charge in [-0.25, -0.2) is 8.42 Å². The molecule has 9 nitrogen and oxygen atoms in total. The fourth-order valence-electron chi connectivity index (χ4n) is 4.08. The van der Waals surface area contributed by atoms with Gasteiger partial charge in [0, 0.05) is 43.9 Å². The number of rotatable bonds is 5. The van der Waals surface area contributed by atoms with E-state index in [-0.39, 0.29) is 41.7 Å². The Hall–Kier alpha value is -2.40. The second kappa shape index (κ2) is 9.22. The van der Waals surface area contributed by atoms with Crippen molar-refractivity contribution in [3.63, 3.8) is 0 Å². The van der Waals surface area contributed by atoms with Crippen molar-refractivity contribution in [1.82, 2.24) is 9.80 Å². The minimum atomic E-state index is -3.08. The molecular weight excluding hydrogens is 452 g/mol. The molecule has 0 aromatic heterocycles. The largest absolute Gasteiger partial charge is 0.351 e. The Morgan fingerprint density at radius 1 is 1.22 bits per heavy atom. The van der Waals surface area contributed by atoms with Crippen molar-refractivity contribution in [1.29, 1.82) is 0 Å². The van der Waals surface area contributed by atoms with E-state index in [1.807, 2.05) is 0 Å². The van der Waals surface area contributed by atoms with Crippen LogP contribution in [0, 0.1) is 0 Å². The minimum absolute atomic E-state index is 0.00946. The van der Waals surface area contributed by atoms with Crippen molar-refractivity contribution < 1.29 is 22.8 Å². The van der Waals surface area contributed by atoms with Gasteiger partial charge < -0.3 is 15.1 Å². The predicted molar refractivity (Wildman–Crippen MR) is 123 cm³/mol. The Kier molecular flexibility index (Phi) is 6.57. The zero-order valence-corrected chi connectivity index (χ0v) is 19.5. The number of amides is 3. The minimum Gasteiger partial charge on any atom is -0.351 e. The summed E-state index contributed by atoms with van der Waals surface area (Å²) in [6.07, 6.45) is 2.66. The van der Waals surface area contributed by atoms with Crippen LogP contribution in [-0.4, -0.2) is 84.0 Å². The summed E-state index contributed by atoms with van der Waals surface area (Å²) in [5.41, 5.74) is 0.939. The Labute approximate surface area is 191 Å². The third-order valence-electron chi connectivity index (χ3n) is 5.97. The van der Waals surface area contributed by atoms with Gasteiger partial charge in [0.2, 0.25) is 5.91 Å². The van der Waals surface area contributed by atoms with E-state index in [0.717, 1.165) is 25.9 Å². The second-order valence-corrected chi connectivity index (χ2v) is 11.7. The first-order chi connectivity index (χ1) is 15.2. The zero-order chi connectivity index (χ0) is 22.9. The number of likely N-dealkylation sites (tertiary alicyclic amines) is 1. The molecule has 11 heteroatoms. The van der Waals surface area contributed by atoms with E-state index in [1.54, 1.807) is 31.3 Å². The highest BCUT2D eigenvalue weighted by atomic mass is 32.2. The molecule has 0 unspecified atom stereocenters. The number of sulfone groups is 1. The van der Waals surface area contributed by atoms with Crippen LogP contribution in [0.2, 0.25) is 0 Å². The summed E-state index contributed by atoms with van der Waals surface area (Å²) in [5, 5.41) is 2.97. The number of aliphatic imine (C=N–C) groups is 1. The van der Waals surface area contributed by atoms with Crippen molar-refractivity contribution in [3.8, 4) is 0 Å². The number of anilines is 1. The Bertz CT molecular complexity index is 1050. The van der Waals surface area contributed by atoms with Crippen LogP contribution in [0.1, 0.15) is 36.0 Å². The van der Waals surface area contributed by atoms with Gasteiger partial charge in [0.05, 0.1) is 11.5 Å². The molecule has 3 aliphatic rings. The number of hydrogen-bond acceptors (Lipinski definition) is 7. The van der Waals surface area contributed by atoms with Gasteiger partial charge in [-0.15, -0.1) is 0 Å². The van der Waals surface area contributed by atoms with Crippen molar-refractivity contribution >= 4 is 50.2 Å². The maximum Gasteiger partial charge on any atom is 0.262 e. The predicted octanol–water partition coefficient (Wildman–Crippen LogP) is 1.37. The number of carbonyl (C=O) groups excluding carboxylic acids is 3. The maximum atomic E-state index is 12.7. The fourth-order valence-corrected chi connectivity index (χ4v) is 6.97. The molecule has 3 heterocycles. The van der Waals surface area contributed by atoms with Gasteiger partial charge in [-0.05, 0) is 43.5 Å². The van der Waals surface area contributed by atoms with E-state index < -0.39 is 15.1 Å². The van der Waals surface area contributed by atoms with Crippen molar-refractivity contribution in [2.24, 2.45) is 4.99 Å². The van der Waals surface area contributed by atoms with E-state index in [1.165, 1.54) is 16.7 Å². The van der Waals surface area contributed by atoms with Crippen LogP contribution in [-0.2, 0) is 19.4 Å². The van der Waals surface area contributed by atoms with Gasteiger partial charge in [-0.1, -0.05) is 11.8 Å². The Balaban J connectivity index is 1.29. The smallest absolute Gasteiger partial charge is 0.262 e. The van der Waals surface area contributed by atoms with Crippen LogP contribution in [0.5, 0.6) is 0 Å².